The maximum absolute atomic E-state index is 12.8. The lowest BCUT2D eigenvalue weighted by atomic mass is 10.1. The molecule has 1 unspecified atom stereocenters. The summed E-state index contributed by atoms with van der Waals surface area (Å²) in [6.07, 6.45) is 5.03. The Morgan fingerprint density at radius 1 is 1.52 bits per heavy atom. The number of nitrogens with zero attached hydrogens (tertiary/aromatic N) is 2. The molecule has 0 radical (unpaired) electrons. The first-order valence-electron chi connectivity index (χ1n) is 7.67. The number of halogens is 1. The Kier molecular flexibility index (Phi) is 6.26. The Morgan fingerprint density at radius 2 is 2.38 bits per heavy atom. The highest BCUT2D eigenvalue weighted by atomic mass is 19.1. The SMILES string of the molecule is CCCOC1CCCN(CCC(=O)c2ccc(F)cn2)C1. The largest absolute Gasteiger partial charge is 0.377 e. The number of piperidine rings is 1. The summed E-state index contributed by atoms with van der Waals surface area (Å²) in [5.41, 5.74) is 0.340. The van der Waals surface area contributed by atoms with Gasteiger partial charge < -0.3 is 9.64 Å². The van der Waals surface area contributed by atoms with Crippen molar-refractivity contribution in [3.8, 4) is 0 Å². The van der Waals surface area contributed by atoms with Crippen LogP contribution >= 0.6 is 0 Å². The first-order valence-corrected chi connectivity index (χ1v) is 7.67. The number of ether oxygens (including phenoxy) is 1. The topological polar surface area (TPSA) is 42.4 Å². The Balaban J connectivity index is 1.76. The molecule has 2 heterocycles. The van der Waals surface area contributed by atoms with Gasteiger partial charge in [-0.25, -0.2) is 4.39 Å². The van der Waals surface area contributed by atoms with Crippen LogP contribution in [0, 0.1) is 5.82 Å². The minimum absolute atomic E-state index is 0.0356. The number of aromatic nitrogens is 1. The molecule has 0 N–H and O–H groups in total. The molecule has 1 aromatic rings. The van der Waals surface area contributed by atoms with E-state index in [2.05, 4.69) is 16.8 Å². The molecule has 1 aliphatic rings. The molecule has 1 aliphatic heterocycles. The van der Waals surface area contributed by atoms with Crippen LogP contribution < -0.4 is 0 Å². The molecule has 0 aromatic carbocycles. The van der Waals surface area contributed by atoms with E-state index in [1.165, 1.54) is 12.1 Å². The van der Waals surface area contributed by atoms with Crippen LogP contribution in [-0.4, -0.2) is 48.0 Å². The summed E-state index contributed by atoms with van der Waals surface area (Å²) in [7, 11) is 0. The fourth-order valence-electron chi connectivity index (χ4n) is 2.57. The molecule has 0 amide bonds. The molecule has 4 nitrogen and oxygen atoms in total. The predicted octanol–water partition coefficient (Wildman–Crippen LogP) is 2.68. The number of likely N-dealkylation sites (tertiary alicyclic amines) is 1. The summed E-state index contributed by atoms with van der Waals surface area (Å²) >= 11 is 0. The second-order valence-electron chi connectivity index (χ2n) is 5.47. The first kappa shape index (κ1) is 16.0. The van der Waals surface area contributed by atoms with Crippen LogP contribution in [0.3, 0.4) is 0 Å². The molecule has 1 atom stereocenters. The third-order valence-electron chi connectivity index (χ3n) is 3.69. The summed E-state index contributed by atoms with van der Waals surface area (Å²) in [6.45, 7) is 5.52. The zero-order valence-corrected chi connectivity index (χ0v) is 12.6. The number of ketones is 1. The maximum atomic E-state index is 12.8. The molecule has 2 rings (SSSR count). The molecule has 116 valence electrons. The van der Waals surface area contributed by atoms with Gasteiger partial charge in [0.1, 0.15) is 11.5 Å². The molecular formula is C16H23FN2O2. The van der Waals surface area contributed by atoms with Crippen LogP contribution in [0.5, 0.6) is 0 Å². The lowest BCUT2D eigenvalue weighted by Crippen LogP contribution is -2.40. The Bertz CT molecular complexity index is 450. The Morgan fingerprint density at radius 3 is 3.10 bits per heavy atom. The van der Waals surface area contributed by atoms with Crippen molar-refractivity contribution in [2.45, 2.75) is 38.7 Å². The number of pyridine rings is 1. The summed E-state index contributed by atoms with van der Waals surface area (Å²) < 4.78 is 18.6. The summed E-state index contributed by atoms with van der Waals surface area (Å²) in [4.78, 5) is 18.1. The molecule has 0 saturated carbocycles. The van der Waals surface area contributed by atoms with Gasteiger partial charge in [-0.2, -0.15) is 0 Å². The van der Waals surface area contributed by atoms with Gasteiger partial charge in [0.25, 0.3) is 0 Å². The van der Waals surface area contributed by atoms with Crippen molar-refractivity contribution < 1.29 is 13.9 Å². The van der Waals surface area contributed by atoms with Gasteiger partial charge in [-0.1, -0.05) is 6.92 Å². The van der Waals surface area contributed by atoms with Crippen LogP contribution in [0.15, 0.2) is 18.3 Å². The van der Waals surface area contributed by atoms with E-state index >= 15 is 0 Å². The van der Waals surface area contributed by atoms with Crippen molar-refractivity contribution in [2.75, 3.05) is 26.2 Å². The van der Waals surface area contributed by atoms with Gasteiger partial charge >= 0.3 is 0 Å². The molecule has 0 aliphatic carbocycles. The minimum atomic E-state index is -0.418. The van der Waals surface area contributed by atoms with Crippen molar-refractivity contribution >= 4 is 5.78 Å². The first-order chi connectivity index (χ1) is 10.2. The van der Waals surface area contributed by atoms with Crippen LogP contribution in [0.4, 0.5) is 4.39 Å². The van der Waals surface area contributed by atoms with E-state index in [0.29, 0.717) is 18.7 Å². The number of carbonyl (C=O) groups is 1. The van der Waals surface area contributed by atoms with Gasteiger partial charge in [-0.3, -0.25) is 9.78 Å². The fourth-order valence-corrected chi connectivity index (χ4v) is 2.57. The number of rotatable bonds is 7. The van der Waals surface area contributed by atoms with Crippen LogP contribution in [0.2, 0.25) is 0 Å². The second-order valence-corrected chi connectivity index (χ2v) is 5.47. The molecule has 21 heavy (non-hydrogen) atoms. The molecule has 0 bridgehead atoms. The highest BCUT2D eigenvalue weighted by Crippen LogP contribution is 2.14. The summed E-state index contributed by atoms with van der Waals surface area (Å²) in [5.74, 6) is -0.454. The fraction of sp³-hybridized carbons (Fsp3) is 0.625. The summed E-state index contributed by atoms with van der Waals surface area (Å²) in [5, 5.41) is 0. The monoisotopic (exact) mass is 294 g/mol. The van der Waals surface area contributed by atoms with Crippen LogP contribution in [0.1, 0.15) is 43.1 Å². The van der Waals surface area contributed by atoms with Gasteiger partial charge in [-0.15, -0.1) is 0 Å². The number of hydrogen-bond acceptors (Lipinski definition) is 4. The molecular weight excluding hydrogens is 271 g/mol. The summed E-state index contributed by atoms with van der Waals surface area (Å²) in [6, 6.07) is 2.72. The molecule has 5 heteroatoms. The maximum Gasteiger partial charge on any atom is 0.182 e. The van der Waals surface area contributed by atoms with Gasteiger partial charge in [0, 0.05) is 26.1 Å². The van der Waals surface area contributed by atoms with Gasteiger partial charge in [0.2, 0.25) is 0 Å². The van der Waals surface area contributed by atoms with E-state index < -0.39 is 5.82 Å². The van der Waals surface area contributed by atoms with Crippen molar-refractivity contribution in [3.05, 3.63) is 29.8 Å². The second kappa shape index (κ2) is 8.20. The highest BCUT2D eigenvalue weighted by Gasteiger charge is 2.20. The Hall–Kier alpha value is -1.33. The van der Waals surface area contributed by atoms with Crippen LogP contribution in [0.25, 0.3) is 0 Å². The van der Waals surface area contributed by atoms with Gasteiger partial charge in [0.15, 0.2) is 5.78 Å². The number of hydrogen-bond donors (Lipinski definition) is 0. The lowest BCUT2D eigenvalue weighted by Gasteiger charge is -2.32. The third kappa shape index (κ3) is 5.17. The van der Waals surface area contributed by atoms with Crippen molar-refractivity contribution in [1.29, 1.82) is 0 Å². The van der Waals surface area contributed by atoms with Crippen molar-refractivity contribution in [3.63, 3.8) is 0 Å². The Labute approximate surface area is 125 Å². The smallest absolute Gasteiger partial charge is 0.182 e. The van der Waals surface area contributed by atoms with E-state index in [4.69, 9.17) is 4.74 Å². The average Bonchev–Trinajstić information content (AvgIpc) is 2.52. The van der Waals surface area contributed by atoms with E-state index in [1.54, 1.807) is 0 Å². The van der Waals surface area contributed by atoms with Crippen molar-refractivity contribution in [2.24, 2.45) is 0 Å². The quantitative estimate of drug-likeness (QED) is 0.725. The number of carbonyl (C=O) groups excluding carboxylic acids is 1. The third-order valence-corrected chi connectivity index (χ3v) is 3.69. The lowest BCUT2D eigenvalue weighted by molar-refractivity contribution is -0.0000296. The normalized spacial score (nSPS) is 19.6. The average molecular weight is 294 g/mol. The zero-order valence-electron chi connectivity index (χ0n) is 12.6. The molecule has 1 saturated heterocycles. The van der Waals surface area contributed by atoms with Gasteiger partial charge in [-0.05, 0) is 37.9 Å². The molecule has 1 fully saturated rings. The predicted molar refractivity (Wildman–Crippen MR) is 78.8 cm³/mol. The van der Waals surface area contributed by atoms with Gasteiger partial charge in [0.05, 0.1) is 12.3 Å². The minimum Gasteiger partial charge on any atom is -0.377 e. The molecule has 1 aromatic heterocycles. The van der Waals surface area contributed by atoms with E-state index in [1.807, 2.05) is 0 Å². The zero-order chi connectivity index (χ0) is 15.1. The van der Waals surface area contributed by atoms with E-state index in [9.17, 15) is 9.18 Å². The van der Waals surface area contributed by atoms with E-state index in [0.717, 1.165) is 45.2 Å². The molecule has 0 spiro atoms. The highest BCUT2D eigenvalue weighted by molar-refractivity contribution is 5.94. The number of Topliss-reactive ketones (excluding diaryl/α,β-unsaturated/α-hetero) is 1. The van der Waals surface area contributed by atoms with E-state index in [-0.39, 0.29) is 11.9 Å². The van der Waals surface area contributed by atoms with Crippen molar-refractivity contribution in [1.82, 2.24) is 9.88 Å². The van der Waals surface area contributed by atoms with Crippen LogP contribution in [-0.2, 0) is 4.74 Å². The standard InChI is InChI=1S/C16H23FN2O2/c1-2-10-21-14-4-3-8-19(12-14)9-7-16(20)15-6-5-13(17)11-18-15/h5-6,11,14H,2-4,7-10,12H2,1H3.